The number of rotatable bonds is 5. The Labute approximate surface area is 120 Å². The zero-order valence-electron chi connectivity index (χ0n) is 12.0. The Morgan fingerprint density at radius 1 is 1.25 bits per heavy atom. The van der Waals surface area contributed by atoms with E-state index in [2.05, 4.69) is 6.92 Å². The zero-order valence-corrected chi connectivity index (χ0v) is 12.0. The first-order valence-electron chi connectivity index (χ1n) is 7.57. The van der Waals surface area contributed by atoms with E-state index in [9.17, 15) is 14.3 Å². The topological polar surface area (TPSA) is 37.3 Å². The van der Waals surface area contributed by atoms with Gasteiger partial charge in [-0.15, -0.1) is 0 Å². The van der Waals surface area contributed by atoms with Crippen molar-refractivity contribution in [2.45, 2.75) is 45.4 Å². The molecule has 0 aromatic heterocycles. The number of carbonyl (C=O) groups is 1. The van der Waals surface area contributed by atoms with Gasteiger partial charge in [0.15, 0.2) is 0 Å². The van der Waals surface area contributed by atoms with Gasteiger partial charge in [0, 0.05) is 0 Å². The first kappa shape index (κ1) is 15.0. The van der Waals surface area contributed by atoms with Crippen molar-refractivity contribution in [1.29, 1.82) is 0 Å². The lowest BCUT2D eigenvalue weighted by molar-refractivity contribution is -0.144. The van der Waals surface area contributed by atoms with Gasteiger partial charge in [-0.05, 0) is 48.8 Å². The Kier molecular flexibility index (Phi) is 5.16. The normalized spacial score (nSPS) is 24.3. The van der Waals surface area contributed by atoms with Crippen LogP contribution in [0, 0.1) is 23.6 Å². The number of hydrogen-bond acceptors (Lipinski definition) is 1. The Morgan fingerprint density at radius 2 is 1.85 bits per heavy atom. The van der Waals surface area contributed by atoms with Gasteiger partial charge in [0.2, 0.25) is 0 Å². The highest BCUT2D eigenvalue weighted by Gasteiger charge is 2.31. The second kappa shape index (κ2) is 6.87. The van der Waals surface area contributed by atoms with E-state index in [1.165, 1.54) is 18.6 Å². The summed E-state index contributed by atoms with van der Waals surface area (Å²) in [6.07, 6.45) is 6.02. The molecule has 0 spiro atoms. The van der Waals surface area contributed by atoms with Crippen LogP contribution >= 0.6 is 0 Å². The maximum Gasteiger partial charge on any atom is 0.307 e. The molecule has 0 radical (unpaired) electrons. The van der Waals surface area contributed by atoms with Crippen molar-refractivity contribution in [2.75, 3.05) is 0 Å². The van der Waals surface area contributed by atoms with Gasteiger partial charge >= 0.3 is 5.97 Å². The van der Waals surface area contributed by atoms with Gasteiger partial charge in [-0.25, -0.2) is 4.39 Å². The van der Waals surface area contributed by atoms with Crippen LogP contribution in [0.2, 0.25) is 0 Å². The molecule has 20 heavy (non-hydrogen) atoms. The molecule has 110 valence electrons. The summed E-state index contributed by atoms with van der Waals surface area (Å²) in [5, 5.41) is 9.49. The molecule has 1 atom stereocenters. The average Bonchev–Trinajstić information content (AvgIpc) is 2.46. The summed E-state index contributed by atoms with van der Waals surface area (Å²) in [4.78, 5) is 11.5. The van der Waals surface area contributed by atoms with Gasteiger partial charge in [0.25, 0.3) is 0 Å². The number of carboxylic acids is 1. The van der Waals surface area contributed by atoms with Crippen molar-refractivity contribution in [3.05, 3.63) is 35.6 Å². The van der Waals surface area contributed by atoms with Gasteiger partial charge < -0.3 is 5.11 Å². The van der Waals surface area contributed by atoms with E-state index >= 15 is 0 Å². The van der Waals surface area contributed by atoms with Crippen LogP contribution in [-0.4, -0.2) is 11.1 Å². The van der Waals surface area contributed by atoms with Crippen LogP contribution in [0.3, 0.4) is 0 Å². The summed E-state index contributed by atoms with van der Waals surface area (Å²) in [7, 11) is 0. The Hall–Kier alpha value is -1.38. The molecule has 1 aromatic carbocycles. The van der Waals surface area contributed by atoms with Crippen molar-refractivity contribution in [3.63, 3.8) is 0 Å². The predicted octanol–water partition coefficient (Wildman–Crippen LogP) is 4.29. The fourth-order valence-electron chi connectivity index (χ4n) is 3.33. The SMILES string of the molecule is CCC1CCC(C(Cc2ccc(F)cc2)C(=O)O)CC1. The quantitative estimate of drug-likeness (QED) is 0.872. The molecule has 3 heteroatoms. The van der Waals surface area contributed by atoms with E-state index in [1.54, 1.807) is 12.1 Å². The monoisotopic (exact) mass is 278 g/mol. The lowest BCUT2D eigenvalue weighted by atomic mass is 9.73. The zero-order chi connectivity index (χ0) is 14.5. The molecule has 1 aromatic rings. The fraction of sp³-hybridized carbons (Fsp3) is 0.588. The van der Waals surface area contributed by atoms with E-state index in [4.69, 9.17) is 0 Å². The van der Waals surface area contributed by atoms with Crippen molar-refractivity contribution < 1.29 is 14.3 Å². The summed E-state index contributed by atoms with van der Waals surface area (Å²) >= 11 is 0. The minimum atomic E-state index is -0.714. The van der Waals surface area contributed by atoms with Gasteiger partial charge in [0.05, 0.1) is 5.92 Å². The predicted molar refractivity (Wildman–Crippen MR) is 77.0 cm³/mol. The summed E-state index contributed by atoms with van der Waals surface area (Å²) in [5.74, 6) is -0.288. The summed E-state index contributed by atoms with van der Waals surface area (Å²) in [6.45, 7) is 2.21. The highest BCUT2D eigenvalue weighted by atomic mass is 19.1. The molecule has 2 nitrogen and oxygen atoms in total. The van der Waals surface area contributed by atoms with Crippen molar-refractivity contribution >= 4 is 5.97 Å². The van der Waals surface area contributed by atoms with E-state index < -0.39 is 5.97 Å². The van der Waals surface area contributed by atoms with E-state index in [-0.39, 0.29) is 17.7 Å². The van der Waals surface area contributed by atoms with Crippen LogP contribution in [0.4, 0.5) is 4.39 Å². The Bertz CT molecular complexity index is 433. The maximum atomic E-state index is 12.9. The van der Waals surface area contributed by atoms with Crippen molar-refractivity contribution in [2.24, 2.45) is 17.8 Å². The molecule has 0 bridgehead atoms. The number of aliphatic carboxylic acids is 1. The molecule has 1 N–H and O–H groups in total. The minimum absolute atomic E-state index is 0.264. The first-order valence-corrected chi connectivity index (χ1v) is 7.57. The highest BCUT2D eigenvalue weighted by Crippen LogP contribution is 2.36. The first-order chi connectivity index (χ1) is 9.60. The minimum Gasteiger partial charge on any atom is -0.481 e. The standard InChI is InChI=1S/C17H23FO2/c1-2-12-3-7-14(8-4-12)16(17(19)20)11-13-5-9-15(18)10-6-13/h5-6,9-10,12,14,16H,2-4,7-8,11H2,1H3,(H,19,20). The second-order valence-electron chi connectivity index (χ2n) is 5.96. The average molecular weight is 278 g/mol. The van der Waals surface area contributed by atoms with Gasteiger partial charge in [0.1, 0.15) is 5.82 Å². The molecule has 0 amide bonds. The fourth-order valence-corrected chi connectivity index (χ4v) is 3.33. The van der Waals surface area contributed by atoms with Gasteiger partial charge in [-0.1, -0.05) is 38.3 Å². The third-order valence-electron chi connectivity index (χ3n) is 4.72. The number of benzene rings is 1. The van der Waals surface area contributed by atoms with Gasteiger partial charge in [-0.3, -0.25) is 4.79 Å². The molecule has 1 fully saturated rings. The molecular weight excluding hydrogens is 255 g/mol. The van der Waals surface area contributed by atoms with E-state index in [0.29, 0.717) is 6.42 Å². The molecule has 0 aliphatic heterocycles. The van der Waals surface area contributed by atoms with Crippen LogP contribution in [0.15, 0.2) is 24.3 Å². The molecule has 0 heterocycles. The Balaban J connectivity index is 2.00. The van der Waals surface area contributed by atoms with E-state index in [1.807, 2.05) is 0 Å². The third kappa shape index (κ3) is 3.81. The molecule has 1 aliphatic rings. The van der Waals surface area contributed by atoms with Crippen LogP contribution < -0.4 is 0 Å². The molecule has 2 rings (SSSR count). The highest BCUT2D eigenvalue weighted by molar-refractivity contribution is 5.70. The summed E-state index contributed by atoms with van der Waals surface area (Å²) in [6, 6.07) is 6.20. The molecular formula is C17H23FO2. The lowest BCUT2D eigenvalue weighted by Crippen LogP contribution is -2.29. The maximum absolute atomic E-state index is 12.9. The second-order valence-corrected chi connectivity index (χ2v) is 5.96. The van der Waals surface area contributed by atoms with Crippen LogP contribution in [0.1, 0.15) is 44.6 Å². The van der Waals surface area contributed by atoms with Crippen molar-refractivity contribution in [1.82, 2.24) is 0 Å². The number of carboxylic acid groups (broad SMARTS) is 1. The molecule has 1 aliphatic carbocycles. The summed E-state index contributed by atoms with van der Waals surface area (Å²) < 4.78 is 12.9. The third-order valence-corrected chi connectivity index (χ3v) is 4.72. The largest absolute Gasteiger partial charge is 0.481 e. The van der Waals surface area contributed by atoms with E-state index in [0.717, 1.165) is 37.2 Å². The Morgan fingerprint density at radius 3 is 2.35 bits per heavy atom. The number of halogens is 1. The van der Waals surface area contributed by atoms with Gasteiger partial charge in [-0.2, -0.15) is 0 Å². The molecule has 1 unspecified atom stereocenters. The van der Waals surface area contributed by atoms with Crippen molar-refractivity contribution in [3.8, 4) is 0 Å². The van der Waals surface area contributed by atoms with Crippen LogP contribution in [-0.2, 0) is 11.2 Å². The lowest BCUT2D eigenvalue weighted by Gasteiger charge is -2.31. The number of hydrogen-bond donors (Lipinski definition) is 1. The summed E-state index contributed by atoms with van der Waals surface area (Å²) in [5.41, 5.74) is 0.913. The van der Waals surface area contributed by atoms with Crippen LogP contribution in [0.5, 0.6) is 0 Å². The van der Waals surface area contributed by atoms with Crippen LogP contribution in [0.25, 0.3) is 0 Å². The smallest absolute Gasteiger partial charge is 0.307 e. The molecule has 1 saturated carbocycles. The molecule has 0 saturated heterocycles.